The van der Waals surface area contributed by atoms with Gasteiger partial charge in [0.15, 0.2) is 11.6 Å². The van der Waals surface area contributed by atoms with E-state index in [9.17, 15) is 4.79 Å². The second-order valence-corrected chi connectivity index (χ2v) is 4.52. The van der Waals surface area contributed by atoms with Crippen molar-refractivity contribution in [3.63, 3.8) is 0 Å². The first kappa shape index (κ1) is 12.2. The number of aromatic nitrogens is 1. The number of esters is 1. The molecular weight excluding hydrogens is 263 g/mol. The molecule has 0 radical (unpaired) electrons. The smallest absolute Gasteiger partial charge is 0.336 e. The summed E-state index contributed by atoms with van der Waals surface area (Å²) in [6, 6.07) is 1.78. The lowest BCUT2D eigenvalue weighted by Crippen LogP contribution is -2.18. The third-order valence-electron chi connectivity index (χ3n) is 2.42. The van der Waals surface area contributed by atoms with Gasteiger partial charge in [-0.15, -0.1) is 0 Å². The Balaban J connectivity index is 2.08. The zero-order valence-corrected chi connectivity index (χ0v) is 10.7. The van der Waals surface area contributed by atoms with Crippen LogP contribution in [0.5, 0.6) is 0 Å². The van der Waals surface area contributed by atoms with Crippen LogP contribution >= 0.6 is 11.6 Å². The molecule has 0 bridgehead atoms. The summed E-state index contributed by atoms with van der Waals surface area (Å²) in [5, 5.41) is 0.871. The molecule has 0 spiro atoms. The summed E-state index contributed by atoms with van der Waals surface area (Å²) >= 11 is 10.8. The Kier molecular flexibility index (Phi) is 3.54. The molecule has 0 atom stereocenters. The molecule has 4 nitrogen and oxygen atoms in total. The van der Waals surface area contributed by atoms with Crippen LogP contribution in [-0.4, -0.2) is 29.5 Å². The van der Waals surface area contributed by atoms with Crippen molar-refractivity contribution in [1.29, 1.82) is 0 Å². The molecule has 0 N–H and O–H groups in total. The molecule has 6 heteroatoms. The van der Waals surface area contributed by atoms with Gasteiger partial charge in [-0.3, -0.25) is 0 Å². The fourth-order valence-electron chi connectivity index (χ4n) is 1.51. The SMILES string of the molecule is CN(Cc1cnc([ClH+])c(Cl)c1)C1=CC(=O)OC1. The molecule has 17 heavy (non-hydrogen) atoms. The van der Waals surface area contributed by atoms with Gasteiger partial charge in [0.25, 0.3) is 0 Å². The number of rotatable bonds is 3. The Morgan fingerprint density at radius 1 is 1.65 bits per heavy atom. The van der Waals surface area contributed by atoms with Gasteiger partial charge in [0.2, 0.25) is 0 Å². The molecular formula is C11H11Cl2N2O2+. The summed E-state index contributed by atoms with van der Waals surface area (Å²) in [4.78, 5) is 16.9. The molecule has 0 saturated carbocycles. The number of hydrogen-bond acceptors (Lipinski definition) is 4. The van der Waals surface area contributed by atoms with E-state index in [1.165, 1.54) is 6.08 Å². The van der Waals surface area contributed by atoms with E-state index >= 15 is 0 Å². The van der Waals surface area contributed by atoms with Gasteiger partial charge in [-0.1, -0.05) is 11.6 Å². The minimum Gasteiger partial charge on any atom is -0.456 e. The van der Waals surface area contributed by atoms with Gasteiger partial charge in [-0.05, 0) is 11.6 Å². The standard InChI is InChI=1S/C11H11Cl2N2O2/c1-15(8-3-10(16)17-6-8)5-7-2-9(12)11(13)14-4-7/h2-4,13H,5-6H2,1H3/q+1. The number of halogens is 2. The molecule has 90 valence electrons. The maximum atomic E-state index is 10.9. The minimum atomic E-state index is -0.302. The lowest BCUT2D eigenvalue weighted by Gasteiger charge is -2.18. The highest BCUT2D eigenvalue weighted by Crippen LogP contribution is 2.18. The van der Waals surface area contributed by atoms with Crippen LogP contribution in [0.1, 0.15) is 5.56 Å². The molecule has 0 fully saturated rings. The summed E-state index contributed by atoms with van der Waals surface area (Å²) in [6.45, 7) is 0.917. The van der Waals surface area contributed by atoms with E-state index in [-0.39, 0.29) is 5.97 Å². The monoisotopic (exact) mass is 273 g/mol. The number of pyridine rings is 1. The van der Waals surface area contributed by atoms with Gasteiger partial charge < -0.3 is 9.64 Å². The lowest BCUT2D eigenvalue weighted by atomic mass is 10.2. The zero-order chi connectivity index (χ0) is 12.4. The van der Waals surface area contributed by atoms with Gasteiger partial charge in [0, 0.05) is 25.9 Å². The molecule has 0 aromatic carbocycles. The second-order valence-electron chi connectivity index (χ2n) is 3.73. The topological polar surface area (TPSA) is 42.4 Å². The molecule has 1 aromatic heterocycles. The highest BCUT2D eigenvalue weighted by molar-refractivity contribution is 6.31. The Bertz CT molecular complexity index is 488. The third kappa shape index (κ3) is 2.90. The van der Waals surface area contributed by atoms with Crippen molar-refractivity contribution < 1.29 is 21.1 Å². The summed E-state index contributed by atoms with van der Waals surface area (Å²) in [5.74, 6) is -0.302. The summed E-state index contributed by atoms with van der Waals surface area (Å²) < 4.78 is 4.84. The highest BCUT2D eigenvalue weighted by Gasteiger charge is 2.17. The fraction of sp³-hybridized carbons (Fsp3) is 0.273. The van der Waals surface area contributed by atoms with E-state index in [1.807, 2.05) is 11.9 Å². The van der Waals surface area contributed by atoms with Crippen molar-refractivity contribution in [2.24, 2.45) is 0 Å². The average molecular weight is 274 g/mol. The van der Waals surface area contributed by atoms with E-state index in [2.05, 4.69) is 4.98 Å². The summed E-state index contributed by atoms with van der Waals surface area (Å²) in [6.07, 6.45) is 3.17. The number of cyclic esters (lactones) is 1. The van der Waals surface area contributed by atoms with E-state index in [4.69, 9.17) is 27.9 Å². The van der Waals surface area contributed by atoms with Crippen LogP contribution in [0.15, 0.2) is 24.0 Å². The van der Waals surface area contributed by atoms with Crippen molar-refractivity contribution in [2.75, 3.05) is 13.7 Å². The number of carbonyl (C=O) groups is 1. The van der Waals surface area contributed by atoms with E-state index in [1.54, 1.807) is 12.3 Å². The van der Waals surface area contributed by atoms with Gasteiger partial charge in [0.1, 0.15) is 11.6 Å². The van der Waals surface area contributed by atoms with Gasteiger partial charge >= 0.3 is 11.1 Å². The predicted octanol–water partition coefficient (Wildman–Crippen LogP) is 1.30. The van der Waals surface area contributed by atoms with Crippen LogP contribution < -0.4 is 0 Å². The van der Waals surface area contributed by atoms with Gasteiger partial charge in [-0.25, -0.2) is 4.79 Å². The summed E-state index contributed by atoms with van der Waals surface area (Å²) in [5.41, 5.74) is 1.78. The molecule has 2 heterocycles. The van der Waals surface area contributed by atoms with E-state index < -0.39 is 0 Å². The number of ether oxygens (including phenoxy) is 1. The Morgan fingerprint density at radius 3 is 3.00 bits per heavy atom. The van der Waals surface area contributed by atoms with Crippen molar-refractivity contribution in [3.8, 4) is 0 Å². The largest absolute Gasteiger partial charge is 0.456 e. The minimum absolute atomic E-state index is 0.302. The van der Waals surface area contributed by atoms with E-state index in [0.717, 1.165) is 11.3 Å². The predicted molar refractivity (Wildman–Crippen MR) is 60.3 cm³/mol. The molecule has 1 aliphatic rings. The van der Waals surface area contributed by atoms with Crippen molar-refractivity contribution in [3.05, 3.63) is 39.8 Å². The van der Waals surface area contributed by atoms with Crippen LogP contribution in [0, 0.1) is 11.6 Å². The first-order chi connectivity index (χ1) is 8.06. The first-order valence-corrected chi connectivity index (χ1v) is 5.75. The van der Waals surface area contributed by atoms with Crippen LogP contribution in [0.3, 0.4) is 0 Å². The van der Waals surface area contributed by atoms with Crippen LogP contribution in [0.4, 0.5) is 0 Å². The number of likely N-dealkylation sites (N-methyl/N-ethyl adjacent to an activating group) is 1. The fourth-order valence-corrected chi connectivity index (χ4v) is 1.81. The average Bonchev–Trinajstić information content (AvgIpc) is 2.70. The van der Waals surface area contributed by atoms with E-state index in [0.29, 0.717) is 23.3 Å². The van der Waals surface area contributed by atoms with Crippen LogP contribution in [0.2, 0.25) is 10.2 Å². The Labute approximate surface area is 109 Å². The second kappa shape index (κ2) is 4.94. The van der Waals surface area contributed by atoms with Crippen molar-refractivity contribution in [1.82, 2.24) is 9.88 Å². The van der Waals surface area contributed by atoms with Crippen molar-refractivity contribution >= 4 is 17.6 Å². The normalized spacial score (nSPS) is 14.5. The van der Waals surface area contributed by atoms with Crippen molar-refractivity contribution in [2.45, 2.75) is 6.54 Å². The van der Waals surface area contributed by atoms with Gasteiger partial charge in [-0.2, -0.15) is 4.98 Å². The quantitative estimate of drug-likeness (QED) is 0.615. The molecule has 0 amide bonds. The number of carbonyl (C=O) groups excluding carboxylic acids is 1. The molecule has 0 unspecified atom stereocenters. The highest BCUT2D eigenvalue weighted by atomic mass is 35.5. The Morgan fingerprint density at radius 2 is 2.41 bits per heavy atom. The maximum absolute atomic E-state index is 10.9. The molecule has 0 saturated heterocycles. The first-order valence-electron chi connectivity index (χ1n) is 4.96. The molecule has 1 aliphatic heterocycles. The van der Waals surface area contributed by atoms with Crippen LogP contribution in [-0.2, 0) is 16.1 Å². The zero-order valence-electron chi connectivity index (χ0n) is 9.14. The number of hydrogen-bond donors (Lipinski definition) is 0. The number of nitrogens with zero attached hydrogens (tertiary/aromatic N) is 2. The maximum Gasteiger partial charge on any atom is 0.336 e. The van der Waals surface area contributed by atoms with Crippen LogP contribution in [0.25, 0.3) is 0 Å². The lowest BCUT2D eigenvalue weighted by molar-refractivity contribution is -0.296. The molecule has 1 aromatic rings. The Hall–Kier alpha value is -1.26. The molecule has 2 rings (SSSR count). The summed E-state index contributed by atoms with van der Waals surface area (Å²) in [7, 11) is 1.88. The molecule has 0 aliphatic carbocycles. The van der Waals surface area contributed by atoms with Gasteiger partial charge in [0.05, 0.1) is 5.70 Å². The third-order valence-corrected chi connectivity index (χ3v) is 3.15.